The highest BCUT2D eigenvalue weighted by atomic mass is 15.1. The van der Waals surface area contributed by atoms with E-state index in [0.29, 0.717) is 0 Å². The van der Waals surface area contributed by atoms with E-state index < -0.39 is 0 Å². The smallest absolute Gasteiger partial charge is 0.140 e. The Morgan fingerprint density at radius 1 is 0.389 bits per heavy atom. The van der Waals surface area contributed by atoms with Gasteiger partial charge in [0.15, 0.2) is 0 Å². The molecule has 0 radical (unpaired) electrons. The normalized spacial score (nSPS) is 10.9. The Bertz CT molecular complexity index is 1620. The molecular weight excluding hydrogens is 433 g/mol. The van der Waals surface area contributed by atoms with E-state index in [1.165, 1.54) is 44.2 Å². The molecule has 6 rings (SSSR count). The van der Waals surface area contributed by atoms with Crippen molar-refractivity contribution in [1.82, 2.24) is 0 Å². The first-order valence-corrected chi connectivity index (χ1v) is 12.4. The van der Waals surface area contributed by atoms with Gasteiger partial charge in [0.05, 0.1) is 5.69 Å². The number of anilines is 3. The number of nitrogens with zero attached hydrogens (tertiary/aromatic N) is 1. The lowest BCUT2D eigenvalue weighted by Gasteiger charge is -2.28. The highest BCUT2D eigenvalue weighted by Gasteiger charge is 2.17. The summed E-state index contributed by atoms with van der Waals surface area (Å²) in [4.78, 5) is 2.38. The highest BCUT2D eigenvalue weighted by molar-refractivity contribution is 6.39. The Hall–Kier alpha value is -4.56. The molecule has 36 heavy (non-hydrogen) atoms. The average Bonchev–Trinajstić information content (AvgIpc) is 2.96. The van der Waals surface area contributed by atoms with Crippen LogP contribution < -0.4 is 10.4 Å². The molecule has 0 atom stereocenters. The van der Waals surface area contributed by atoms with Gasteiger partial charge in [0.25, 0.3) is 0 Å². The quantitative estimate of drug-likeness (QED) is 0.237. The van der Waals surface area contributed by atoms with Gasteiger partial charge in [-0.1, -0.05) is 121 Å². The lowest BCUT2D eigenvalue weighted by Crippen LogP contribution is -2.13. The van der Waals surface area contributed by atoms with E-state index in [1.807, 2.05) is 0 Å². The van der Waals surface area contributed by atoms with Crippen molar-refractivity contribution < 1.29 is 0 Å². The molecule has 0 bridgehead atoms. The van der Waals surface area contributed by atoms with Crippen molar-refractivity contribution >= 4 is 41.1 Å². The van der Waals surface area contributed by atoms with Gasteiger partial charge in [-0.3, -0.25) is 0 Å². The van der Waals surface area contributed by atoms with Gasteiger partial charge in [-0.15, -0.1) is 0 Å². The molecule has 0 aliphatic rings. The molecule has 6 aromatic carbocycles. The van der Waals surface area contributed by atoms with E-state index in [-0.39, 0.29) is 0 Å². The average molecular weight is 459 g/mol. The van der Waals surface area contributed by atoms with Crippen molar-refractivity contribution in [1.29, 1.82) is 0 Å². The predicted molar refractivity (Wildman–Crippen MR) is 158 cm³/mol. The molecule has 0 aliphatic carbocycles. The van der Waals surface area contributed by atoms with Crippen molar-refractivity contribution in [3.63, 3.8) is 0 Å². The predicted octanol–water partition coefficient (Wildman–Crippen LogP) is 7.90. The fraction of sp³-hybridized carbons (Fsp3) is 0. The van der Waals surface area contributed by atoms with Gasteiger partial charge in [0.1, 0.15) is 7.85 Å². The highest BCUT2D eigenvalue weighted by Crippen LogP contribution is 2.40. The molecular formula is C34H26BN. The van der Waals surface area contributed by atoms with E-state index in [2.05, 4.69) is 158 Å². The summed E-state index contributed by atoms with van der Waals surface area (Å²) in [5.41, 5.74) is 9.59. The second kappa shape index (κ2) is 9.60. The lowest BCUT2D eigenvalue weighted by atomic mass is 9.89. The Morgan fingerprint density at radius 3 is 1.64 bits per heavy atom. The van der Waals surface area contributed by atoms with Crippen LogP contribution in [0.1, 0.15) is 0 Å². The van der Waals surface area contributed by atoms with Crippen LogP contribution >= 0.6 is 0 Å². The summed E-state index contributed by atoms with van der Waals surface area (Å²) in [6, 6.07) is 52.0. The van der Waals surface area contributed by atoms with Gasteiger partial charge in [0, 0.05) is 16.8 Å². The molecule has 0 aromatic heterocycles. The van der Waals surface area contributed by atoms with E-state index >= 15 is 0 Å². The number of hydrogen-bond donors (Lipinski definition) is 0. The Balaban J connectivity index is 1.53. The zero-order valence-corrected chi connectivity index (χ0v) is 20.3. The van der Waals surface area contributed by atoms with Crippen molar-refractivity contribution in [2.75, 3.05) is 4.90 Å². The minimum Gasteiger partial charge on any atom is -0.310 e. The summed E-state index contributed by atoms with van der Waals surface area (Å²) < 4.78 is 0. The molecule has 0 N–H and O–H groups in total. The number of rotatable bonds is 5. The minimum absolute atomic E-state index is 1.13. The molecule has 2 heteroatoms. The maximum absolute atomic E-state index is 2.38. The molecule has 0 aliphatic heterocycles. The fourth-order valence-electron chi connectivity index (χ4n) is 4.94. The van der Waals surface area contributed by atoms with Crippen molar-refractivity contribution in [3.8, 4) is 22.3 Å². The second-order valence-corrected chi connectivity index (χ2v) is 9.11. The SMILES string of the molecule is Bc1ccc(N(c2ccc(-c3ccccc3)cc2)c2cccc(-c3ccccc3)c2)c2ccccc12. The van der Waals surface area contributed by atoms with Crippen molar-refractivity contribution in [2.45, 2.75) is 0 Å². The van der Waals surface area contributed by atoms with Crippen LogP contribution in [0.2, 0.25) is 0 Å². The summed E-state index contributed by atoms with van der Waals surface area (Å²) >= 11 is 0. The summed E-state index contributed by atoms with van der Waals surface area (Å²) in [5.74, 6) is 0. The van der Waals surface area contributed by atoms with Crippen molar-refractivity contribution in [3.05, 3.63) is 146 Å². The van der Waals surface area contributed by atoms with Gasteiger partial charge >= 0.3 is 0 Å². The molecule has 0 saturated heterocycles. The number of benzene rings is 6. The van der Waals surface area contributed by atoms with Gasteiger partial charge < -0.3 is 4.90 Å². The lowest BCUT2D eigenvalue weighted by molar-refractivity contribution is 1.30. The Kier molecular flexibility index (Phi) is 5.85. The molecule has 1 nitrogen and oxygen atoms in total. The zero-order chi connectivity index (χ0) is 24.3. The van der Waals surface area contributed by atoms with Crippen LogP contribution in [0.25, 0.3) is 33.0 Å². The molecule has 0 spiro atoms. The second-order valence-electron chi connectivity index (χ2n) is 9.11. The topological polar surface area (TPSA) is 3.24 Å². The standard InChI is InChI=1S/C34H26BN/c35-33-22-23-34(32-17-8-7-16-31(32)33)36(29-20-18-27(19-21-29)25-10-3-1-4-11-25)30-15-9-14-28(24-30)26-12-5-2-6-13-26/h1-24H,35H2. The van der Waals surface area contributed by atoms with E-state index in [4.69, 9.17) is 0 Å². The molecule has 0 fully saturated rings. The zero-order valence-electron chi connectivity index (χ0n) is 20.3. The Labute approximate surface area is 213 Å². The summed E-state index contributed by atoms with van der Waals surface area (Å²) in [5, 5.41) is 2.52. The van der Waals surface area contributed by atoms with Crippen LogP contribution in [0, 0.1) is 0 Å². The van der Waals surface area contributed by atoms with E-state index in [0.717, 1.165) is 11.4 Å². The fourth-order valence-corrected chi connectivity index (χ4v) is 4.94. The van der Waals surface area contributed by atoms with Crippen LogP contribution in [0.15, 0.2) is 146 Å². The van der Waals surface area contributed by atoms with Gasteiger partial charge in [-0.05, 0) is 58.0 Å². The number of fused-ring (bicyclic) bond motifs is 1. The van der Waals surface area contributed by atoms with E-state index in [9.17, 15) is 0 Å². The third-order valence-corrected chi connectivity index (χ3v) is 6.80. The monoisotopic (exact) mass is 459 g/mol. The summed E-state index contributed by atoms with van der Waals surface area (Å²) in [7, 11) is 2.18. The maximum Gasteiger partial charge on any atom is 0.140 e. The largest absolute Gasteiger partial charge is 0.310 e. The third-order valence-electron chi connectivity index (χ3n) is 6.80. The van der Waals surface area contributed by atoms with Crippen LogP contribution in [-0.2, 0) is 0 Å². The van der Waals surface area contributed by atoms with Crippen LogP contribution in [-0.4, -0.2) is 7.85 Å². The minimum atomic E-state index is 1.13. The molecule has 0 unspecified atom stereocenters. The van der Waals surface area contributed by atoms with Gasteiger partial charge in [-0.25, -0.2) is 0 Å². The number of hydrogen-bond acceptors (Lipinski definition) is 1. The molecule has 0 amide bonds. The first kappa shape index (κ1) is 21.9. The first-order chi connectivity index (χ1) is 17.8. The molecule has 170 valence electrons. The van der Waals surface area contributed by atoms with E-state index in [1.54, 1.807) is 0 Å². The molecule has 6 aromatic rings. The molecule has 0 heterocycles. The first-order valence-electron chi connectivity index (χ1n) is 12.4. The van der Waals surface area contributed by atoms with Crippen LogP contribution in [0.3, 0.4) is 0 Å². The van der Waals surface area contributed by atoms with Crippen molar-refractivity contribution in [2.24, 2.45) is 0 Å². The Morgan fingerprint density at radius 2 is 0.944 bits per heavy atom. The summed E-state index contributed by atoms with van der Waals surface area (Å²) in [6.45, 7) is 0. The van der Waals surface area contributed by atoms with Crippen LogP contribution in [0.4, 0.5) is 17.1 Å². The van der Waals surface area contributed by atoms with Gasteiger partial charge in [0.2, 0.25) is 0 Å². The third kappa shape index (κ3) is 4.19. The molecule has 0 saturated carbocycles. The van der Waals surface area contributed by atoms with Gasteiger partial charge in [-0.2, -0.15) is 0 Å². The maximum atomic E-state index is 2.38. The van der Waals surface area contributed by atoms with Crippen LogP contribution in [0.5, 0.6) is 0 Å². The summed E-state index contributed by atoms with van der Waals surface area (Å²) in [6.07, 6.45) is 0.